The van der Waals surface area contributed by atoms with Gasteiger partial charge in [0.15, 0.2) is 0 Å². The van der Waals surface area contributed by atoms with Crippen molar-refractivity contribution in [1.29, 1.82) is 5.26 Å². The number of rotatable bonds is 5. The first-order valence-corrected chi connectivity index (χ1v) is 6.42. The second-order valence-electron chi connectivity index (χ2n) is 4.50. The monoisotopic (exact) mass is 269 g/mol. The number of carbonyl (C=O) groups is 1. The minimum atomic E-state index is -0.836. The molecule has 0 aliphatic heterocycles. The summed E-state index contributed by atoms with van der Waals surface area (Å²) in [6, 6.07) is 9.55. The van der Waals surface area contributed by atoms with Crippen LogP contribution in [-0.4, -0.2) is 22.6 Å². The molecule has 0 fully saturated rings. The van der Waals surface area contributed by atoms with Crippen LogP contribution in [0.25, 0.3) is 10.9 Å². The van der Waals surface area contributed by atoms with Crippen LogP contribution >= 0.6 is 0 Å². The molecule has 1 atom stereocenters. The second-order valence-corrected chi connectivity index (χ2v) is 4.50. The van der Waals surface area contributed by atoms with Gasteiger partial charge in [-0.2, -0.15) is 5.26 Å². The lowest BCUT2D eigenvalue weighted by Crippen LogP contribution is -2.22. The van der Waals surface area contributed by atoms with Gasteiger partial charge in [-0.1, -0.05) is 25.1 Å². The van der Waals surface area contributed by atoms with Gasteiger partial charge in [-0.25, -0.2) is 0 Å². The average Bonchev–Trinajstić information content (AvgIpc) is 2.47. The van der Waals surface area contributed by atoms with E-state index in [0.717, 1.165) is 10.9 Å². The molecule has 0 bridgehead atoms. The maximum Gasteiger partial charge on any atom is 0.308 e. The molecular formula is C15H15N3O2. The standard InChI is InChI=1S/C15H15N3O2/c1-2-10(15(19)20)8-18-14-11(7-16)9-17-13-6-4-3-5-12(13)14/h3-6,9-10H,2,8H2,1H3,(H,17,18)(H,19,20). The van der Waals surface area contributed by atoms with Gasteiger partial charge in [0.2, 0.25) is 0 Å². The Labute approximate surface area is 116 Å². The van der Waals surface area contributed by atoms with Crippen LogP contribution in [0.3, 0.4) is 0 Å². The molecule has 0 saturated heterocycles. The summed E-state index contributed by atoms with van der Waals surface area (Å²) in [5, 5.41) is 22.2. The first-order valence-electron chi connectivity index (χ1n) is 6.42. The molecule has 5 heteroatoms. The van der Waals surface area contributed by atoms with Crippen LogP contribution in [-0.2, 0) is 4.79 Å². The number of para-hydroxylation sites is 1. The molecule has 1 unspecified atom stereocenters. The van der Waals surface area contributed by atoms with E-state index in [0.29, 0.717) is 17.7 Å². The van der Waals surface area contributed by atoms with Crippen molar-refractivity contribution < 1.29 is 9.90 Å². The van der Waals surface area contributed by atoms with Gasteiger partial charge >= 0.3 is 5.97 Å². The quantitative estimate of drug-likeness (QED) is 0.871. The summed E-state index contributed by atoms with van der Waals surface area (Å²) >= 11 is 0. The number of anilines is 1. The number of pyridine rings is 1. The van der Waals surface area contributed by atoms with E-state index in [4.69, 9.17) is 10.4 Å². The molecule has 5 nitrogen and oxygen atoms in total. The summed E-state index contributed by atoms with van der Waals surface area (Å²) in [6.07, 6.45) is 2.04. The molecular weight excluding hydrogens is 254 g/mol. The van der Waals surface area contributed by atoms with Crippen LogP contribution in [0.15, 0.2) is 30.5 Å². The number of fused-ring (bicyclic) bond motifs is 1. The van der Waals surface area contributed by atoms with E-state index in [1.807, 2.05) is 31.2 Å². The van der Waals surface area contributed by atoms with Crippen molar-refractivity contribution in [2.45, 2.75) is 13.3 Å². The van der Waals surface area contributed by atoms with Crippen molar-refractivity contribution in [2.75, 3.05) is 11.9 Å². The van der Waals surface area contributed by atoms with Gasteiger partial charge in [0.25, 0.3) is 0 Å². The summed E-state index contributed by atoms with van der Waals surface area (Å²) in [5.41, 5.74) is 1.85. The van der Waals surface area contributed by atoms with Crippen LogP contribution in [0.4, 0.5) is 5.69 Å². The Hall–Kier alpha value is -2.61. The molecule has 1 heterocycles. The van der Waals surface area contributed by atoms with E-state index in [2.05, 4.69) is 16.4 Å². The zero-order valence-electron chi connectivity index (χ0n) is 11.1. The lowest BCUT2D eigenvalue weighted by molar-refractivity contribution is -0.141. The first-order chi connectivity index (χ1) is 9.67. The van der Waals surface area contributed by atoms with Gasteiger partial charge in [-0.15, -0.1) is 0 Å². The molecule has 0 spiro atoms. The van der Waals surface area contributed by atoms with Gasteiger partial charge in [0.05, 0.1) is 22.7 Å². The van der Waals surface area contributed by atoms with Gasteiger partial charge in [0.1, 0.15) is 6.07 Å². The van der Waals surface area contributed by atoms with Crippen LogP contribution in [0.2, 0.25) is 0 Å². The molecule has 1 aromatic carbocycles. The zero-order chi connectivity index (χ0) is 14.5. The molecule has 0 aliphatic rings. The number of aromatic nitrogens is 1. The summed E-state index contributed by atoms with van der Waals surface area (Å²) in [7, 11) is 0. The van der Waals surface area contributed by atoms with E-state index in [-0.39, 0.29) is 6.54 Å². The third-order valence-electron chi connectivity index (χ3n) is 3.26. The summed E-state index contributed by atoms with van der Waals surface area (Å²) < 4.78 is 0. The fraction of sp³-hybridized carbons (Fsp3) is 0.267. The van der Waals surface area contributed by atoms with Gasteiger partial charge in [-0.05, 0) is 12.5 Å². The van der Waals surface area contributed by atoms with Gasteiger partial charge in [-0.3, -0.25) is 9.78 Å². The zero-order valence-corrected chi connectivity index (χ0v) is 11.1. The van der Waals surface area contributed by atoms with Crippen LogP contribution in [0.5, 0.6) is 0 Å². The van der Waals surface area contributed by atoms with Crippen molar-refractivity contribution in [3.05, 3.63) is 36.0 Å². The maximum atomic E-state index is 11.1. The Bertz CT molecular complexity index is 676. The Morgan fingerprint density at radius 1 is 1.50 bits per heavy atom. The van der Waals surface area contributed by atoms with E-state index < -0.39 is 11.9 Å². The number of carboxylic acids is 1. The molecule has 2 N–H and O–H groups in total. The summed E-state index contributed by atoms with van der Waals surface area (Å²) in [5.74, 6) is -1.31. The largest absolute Gasteiger partial charge is 0.481 e. The molecule has 0 saturated carbocycles. The number of benzene rings is 1. The number of nitriles is 1. The highest BCUT2D eigenvalue weighted by Gasteiger charge is 2.16. The van der Waals surface area contributed by atoms with Crippen molar-refractivity contribution in [3.63, 3.8) is 0 Å². The topological polar surface area (TPSA) is 86.0 Å². The number of hydrogen-bond acceptors (Lipinski definition) is 4. The fourth-order valence-electron chi connectivity index (χ4n) is 2.05. The lowest BCUT2D eigenvalue weighted by Gasteiger charge is -2.14. The Kier molecular flexibility index (Phi) is 4.16. The minimum Gasteiger partial charge on any atom is -0.481 e. The van der Waals surface area contributed by atoms with Crippen molar-refractivity contribution in [1.82, 2.24) is 4.98 Å². The Morgan fingerprint density at radius 3 is 2.90 bits per heavy atom. The highest BCUT2D eigenvalue weighted by molar-refractivity contribution is 5.94. The van der Waals surface area contributed by atoms with Crippen LogP contribution in [0.1, 0.15) is 18.9 Å². The third-order valence-corrected chi connectivity index (χ3v) is 3.26. The van der Waals surface area contributed by atoms with E-state index in [1.54, 1.807) is 0 Å². The number of nitrogens with zero attached hydrogens (tertiary/aromatic N) is 2. The van der Waals surface area contributed by atoms with E-state index in [1.165, 1.54) is 6.20 Å². The van der Waals surface area contributed by atoms with Gasteiger partial charge < -0.3 is 10.4 Å². The average molecular weight is 269 g/mol. The van der Waals surface area contributed by atoms with E-state index >= 15 is 0 Å². The molecule has 20 heavy (non-hydrogen) atoms. The SMILES string of the molecule is CCC(CNc1c(C#N)cnc2ccccc12)C(=O)O. The number of carboxylic acid groups (broad SMARTS) is 1. The number of hydrogen-bond donors (Lipinski definition) is 2. The number of nitrogens with one attached hydrogen (secondary N) is 1. The minimum absolute atomic E-state index is 0.286. The first kappa shape index (κ1) is 13.8. The maximum absolute atomic E-state index is 11.1. The molecule has 102 valence electrons. The number of aliphatic carboxylic acids is 1. The second kappa shape index (κ2) is 6.02. The molecule has 2 aromatic rings. The molecule has 0 amide bonds. The molecule has 2 rings (SSSR count). The van der Waals surface area contributed by atoms with Crippen LogP contribution in [0, 0.1) is 17.2 Å². The normalized spacial score (nSPS) is 11.8. The lowest BCUT2D eigenvalue weighted by atomic mass is 10.1. The van der Waals surface area contributed by atoms with Gasteiger partial charge in [0, 0.05) is 18.1 Å². The summed E-state index contributed by atoms with van der Waals surface area (Å²) in [6.45, 7) is 2.12. The highest BCUT2D eigenvalue weighted by atomic mass is 16.4. The van der Waals surface area contributed by atoms with Crippen molar-refractivity contribution >= 4 is 22.6 Å². The van der Waals surface area contributed by atoms with Crippen molar-refractivity contribution in [3.8, 4) is 6.07 Å². The molecule has 0 radical (unpaired) electrons. The predicted molar refractivity (Wildman–Crippen MR) is 76.4 cm³/mol. The Morgan fingerprint density at radius 2 is 2.25 bits per heavy atom. The summed E-state index contributed by atoms with van der Waals surface area (Å²) in [4.78, 5) is 15.3. The van der Waals surface area contributed by atoms with Crippen LogP contribution < -0.4 is 5.32 Å². The third kappa shape index (κ3) is 2.69. The Balaban J connectivity index is 2.37. The smallest absolute Gasteiger partial charge is 0.308 e. The van der Waals surface area contributed by atoms with Crippen molar-refractivity contribution in [2.24, 2.45) is 5.92 Å². The molecule has 0 aliphatic carbocycles. The predicted octanol–water partition coefficient (Wildman–Crippen LogP) is 2.63. The highest BCUT2D eigenvalue weighted by Crippen LogP contribution is 2.25. The fourth-order valence-corrected chi connectivity index (χ4v) is 2.05. The van der Waals surface area contributed by atoms with E-state index in [9.17, 15) is 4.79 Å². The molecule has 1 aromatic heterocycles.